The minimum atomic E-state index is 0.197. The minimum Gasteiger partial charge on any atom is -0.396 e. The first-order valence-corrected chi connectivity index (χ1v) is 5.22. The molecule has 15 heavy (non-hydrogen) atoms. The van der Waals surface area contributed by atoms with Crippen LogP contribution in [-0.4, -0.2) is 24.7 Å². The smallest absolute Gasteiger partial charge is 0.151 e. The Morgan fingerprint density at radius 3 is 2.93 bits per heavy atom. The highest BCUT2D eigenvalue weighted by Crippen LogP contribution is 2.19. The maximum Gasteiger partial charge on any atom is 0.151 e. The van der Waals surface area contributed by atoms with Crippen molar-refractivity contribution in [2.45, 2.75) is 19.4 Å². The maximum absolute atomic E-state index is 5.78. The Hall–Kier alpha value is -1.00. The van der Waals surface area contributed by atoms with Gasteiger partial charge in [0.1, 0.15) is 5.15 Å². The van der Waals surface area contributed by atoms with E-state index in [1.165, 1.54) is 0 Å². The first kappa shape index (κ1) is 12.1. The third-order valence-electron chi connectivity index (χ3n) is 2.09. The molecule has 0 radical (unpaired) electrons. The van der Waals surface area contributed by atoms with E-state index in [2.05, 4.69) is 17.2 Å². The van der Waals surface area contributed by atoms with Crippen LogP contribution in [0.25, 0.3) is 0 Å². The summed E-state index contributed by atoms with van der Waals surface area (Å²) in [5.74, 6) is 0.617. The second kappa shape index (κ2) is 5.78. The summed E-state index contributed by atoms with van der Waals surface area (Å²) in [6, 6.07) is 3.60. The highest BCUT2D eigenvalue weighted by Gasteiger charge is 2.09. The number of nitrogens with zero attached hydrogens (tertiary/aromatic N) is 1. The van der Waals surface area contributed by atoms with Crippen molar-refractivity contribution in [1.82, 2.24) is 4.98 Å². The van der Waals surface area contributed by atoms with Gasteiger partial charge >= 0.3 is 0 Å². The Kier molecular flexibility index (Phi) is 4.65. The van der Waals surface area contributed by atoms with E-state index in [1.807, 2.05) is 0 Å². The predicted octanol–water partition coefficient (Wildman–Crippen LogP) is 2.15. The van der Waals surface area contributed by atoms with E-state index >= 15 is 0 Å². The molecule has 0 spiro atoms. The van der Waals surface area contributed by atoms with Crippen LogP contribution in [0.2, 0.25) is 5.15 Å². The van der Waals surface area contributed by atoms with Gasteiger partial charge in [-0.05, 0) is 18.6 Å². The van der Waals surface area contributed by atoms with Gasteiger partial charge in [-0.2, -0.15) is 0 Å². The first-order valence-electron chi connectivity index (χ1n) is 4.84. The van der Waals surface area contributed by atoms with Crippen LogP contribution in [0.4, 0.5) is 11.5 Å². The van der Waals surface area contributed by atoms with Crippen LogP contribution in [0.5, 0.6) is 0 Å². The van der Waals surface area contributed by atoms with E-state index < -0.39 is 0 Å². The number of hydrogen-bond acceptors (Lipinski definition) is 4. The molecule has 0 saturated carbocycles. The lowest BCUT2D eigenvalue weighted by atomic mass is 10.2. The van der Waals surface area contributed by atoms with Crippen molar-refractivity contribution in [2.24, 2.45) is 0 Å². The lowest BCUT2D eigenvalue weighted by molar-refractivity contribution is 0.184. The summed E-state index contributed by atoms with van der Waals surface area (Å²) in [5, 5.41) is 3.62. The number of anilines is 2. The standard InChI is InChI=1S/C10H16ClN3O/c1-3-7(6-15-2)13-10-8(12)4-5-9(11)14-10/h4-5,7H,3,6,12H2,1-2H3,(H,13,14). The van der Waals surface area contributed by atoms with Gasteiger partial charge in [-0.1, -0.05) is 18.5 Å². The molecule has 0 aliphatic heterocycles. The Bertz CT molecular complexity index is 320. The van der Waals surface area contributed by atoms with Crippen molar-refractivity contribution >= 4 is 23.1 Å². The van der Waals surface area contributed by atoms with Gasteiger partial charge in [-0.3, -0.25) is 0 Å². The number of ether oxygens (including phenoxy) is 1. The van der Waals surface area contributed by atoms with Gasteiger partial charge in [0.2, 0.25) is 0 Å². The van der Waals surface area contributed by atoms with E-state index in [-0.39, 0.29) is 6.04 Å². The average Bonchev–Trinajstić information content (AvgIpc) is 2.22. The second-order valence-electron chi connectivity index (χ2n) is 3.28. The van der Waals surface area contributed by atoms with Crippen LogP contribution in [0.15, 0.2) is 12.1 Å². The first-order chi connectivity index (χ1) is 7.17. The molecule has 1 rings (SSSR count). The van der Waals surface area contributed by atoms with Crippen LogP contribution in [0, 0.1) is 0 Å². The van der Waals surface area contributed by atoms with Crippen LogP contribution >= 0.6 is 11.6 Å². The van der Waals surface area contributed by atoms with Crippen molar-refractivity contribution in [2.75, 3.05) is 24.8 Å². The Balaban J connectivity index is 2.73. The number of pyridine rings is 1. The summed E-state index contributed by atoms with van der Waals surface area (Å²) in [5.41, 5.74) is 6.36. The number of rotatable bonds is 5. The van der Waals surface area contributed by atoms with Crippen LogP contribution in [0.3, 0.4) is 0 Å². The van der Waals surface area contributed by atoms with Gasteiger partial charge in [-0.25, -0.2) is 4.98 Å². The molecule has 0 bridgehead atoms. The normalized spacial score (nSPS) is 12.5. The number of halogens is 1. The molecule has 84 valence electrons. The molecule has 1 atom stereocenters. The third kappa shape index (κ3) is 3.57. The quantitative estimate of drug-likeness (QED) is 0.760. The van der Waals surface area contributed by atoms with Gasteiger partial charge in [0.05, 0.1) is 18.3 Å². The summed E-state index contributed by atoms with van der Waals surface area (Å²) in [6.45, 7) is 2.68. The number of nitrogens with two attached hydrogens (primary N) is 1. The maximum atomic E-state index is 5.78. The van der Waals surface area contributed by atoms with E-state index in [0.717, 1.165) is 6.42 Å². The number of hydrogen-bond donors (Lipinski definition) is 2. The van der Waals surface area contributed by atoms with E-state index in [9.17, 15) is 0 Å². The zero-order chi connectivity index (χ0) is 11.3. The molecule has 4 nitrogen and oxygen atoms in total. The lowest BCUT2D eigenvalue weighted by Crippen LogP contribution is -2.25. The topological polar surface area (TPSA) is 60.2 Å². The third-order valence-corrected chi connectivity index (χ3v) is 2.30. The summed E-state index contributed by atoms with van der Waals surface area (Å²) in [7, 11) is 1.67. The Labute approximate surface area is 94.8 Å². The summed E-state index contributed by atoms with van der Waals surface area (Å²) in [4.78, 5) is 4.12. The van der Waals surface area contributed by atoms with Gasteiger partial charge < -0.3 is 15.8 Å². The molecule has 0 aliphatic carbocycles. The molecule has 0 saturated heterocycles. The van der Waals surface area contributed by atoms with Gasteiger partial charge in [0.25, 0.3) is 0 Å². The van der Waals surface area contributed by atoms with Crippen molar-refractivity contribution in [3.05, 3.63) is 17.3 Å². The predicted molar refractivity (Wildman–Crippen MR) is 63.2 cm³/mol. The van der Waals surface area contributed by atoms with Gasteiger partial charge in [-0.15, -0.1) is 0 Å². The average molecular weight is 230 g/mol. The Morgan fingerprint density at radius 2 is 2.33 bits per heavy atom. The second-order valence-corrected chi connectivity index (χ2v) is 3.66. The molecule has 0 fully saturated rings. The molecule has 1 aromatic rings. The zero-order valence-electron chi connectivity index (χ0n) is 8.96. The van der Waals surface area contributed by atoms with Crippen molar-refractivity contribution in [1.29, 1.82) is 0 Å². The highest BCUT2D eigenvalue weighted by molar-refractivity contribution is 6.29. The van der Waals surface area contributed by atoms with Crippen LogP contribution in [0.1, 0.15) is 13.3 Å². The molecule has 1 heterocycles. The molecule has 1 unspecified atom stereocenters. The van der Waals surface area contributed by atoms with Crippen molar-refractivity contribution in [3.63, 3.8) is 0 Å². The number of methoxy groups -OCH3 is 1. The van der Waals surface area contributed by atoms with Gasteiger partial charge in [0.15, 0.2) is 5.82 Å². The molecule has 0 amide bonds. The SMILES string of the molecule is CCC(COC)Nc1nc(Cl)ccc1N. The van der Waals surface area contributed by atoms with Crippen LogP contribution in [-0.2, 0) is 4.74 Å². The summed E-state index contributed by atoms with van der Waals surface area (Å²) >= 11 is 5.78. The molecule has 0 aromatic carbocycles. The summed E-state index contributed by atoms with van der Waals surface area (Å²) < 4.78 is 5.07. The minimum absolute atomic E-state index is 0.197. The van der Waals surface area contributed by atoms with E-state index in [4.69, 9.17) is 22.1 Å². The van der Waals surface area contributed by atoms with Crippen molar-refractivity contribution < 1.29 is 4.74 Å². The van der Waals surface area contributed by atoms with Gasteiger partial charge in [0, 0.05) is 7.11 Å². The lowest BCUT2D eigenvalue weighted by Gasteiger charge is -2.17. The van der Waals surface area contributed by atoms with E-state index in [0.29, 0.717) is 23.3 Å². The largest absolute Gasteiger partial charge is 0.396 e. The monoisotopic (exact) mass is 229 g/mol. The molecule has 5 heteroatoms. The number of nitrogens with one attached hydrogen (secondary N) is 1. The number of nitrogen functional groups attached to an aromatic ring is 1. The Morgan fingerprint density at radius 1 is 1.60 bits per heavy atom. The fraction of sp³-hybridized carbons (Fsp3) is 0.500. The fourth-order valence-corrected chi connectivity index (χ4v) is 1.37. The highest BCUT2D eigenvalue weighted by atomic mass is 35.5. The molecular weight excluding hydrogens is 214 g/mol. The molecular formula is C10H16ClN3O. The van der Waals surface area contributed by atoms with Crippen molar-refractivity contribution in [3.8, 4) is 0 Å². The molecule has 1 aromatic heterocycles. The molecule has 0 aliphatic rings. The summed E-state index contributed by atoms with van der Waals surface area (Å²) in [6.07, 6.45) is 0.932. The molecule has 3 N–H and O–H groups in total. The van der Waals surface area contributed by atoms with E-state index in [1.54, 1.807) is 19.2 Å². The fourth-order valence-electron chi connectivity index (χ4n) is 1.22. The number of aromatic nitrogens is 1. The zero-order valence-corrected chi connectivity index (χ0v) is 9.71. The van der Waals surface area contributed by atoms with Crippen LogP contribution < -0.4 is 11.1 Å².